The molecule has 0 bridgehead atoms. The van der Waals surface area contributed by atoms with Gasteiger partial charge in [0.2, 0.25) is 0 Å². The molecule has 1 N–H and O–H groups in total. The number of amides is 1. The maximum Gasteiger partial charge on any atom is 0.410 e. The van der Waals surface area contributed by atoms with Crippen LogP contribution < -0.4 is 9.64 Å². The van der Waals surface area contributed by atoms with Crippen LogP contribution in [0.1, 0.15) is 26.5 Å². The summed E-state index contributed by atoms with van der Waals surface area (Å²) in [5.41, 5.74) is 0.309. The number of nitrogens with zero attached hydrogens (tertiary/aromatic N) is 3. The monoisotopic (exact) mass is 337 g/mol. The molecule has 1 atom stereocenters. The number of aromatic nitrogens is 1. The largest absolute Gasteiger partial charge is 0.493 e. The number of aliphatic hydroxyl groups excluding tert-OH is 1. The minimum atomic E-state index is -0.688. The number of β-amino-alcohol motifs (C(OH)–C–C–N with tert-alkyl or cyclic N) is 1. The zero-order valence-corrected chi connectivity index (χ0v) is 15.1. The van der Waals surface area contributed by atoms with Crippen LogP contribution in [0.3, 0.4) is 0 Å². The van der Waals surface area contributed by atoms with Gasteiger partial charge in [0.1, 0.15) is 5.60 Å². The van der Waals surface area contributed by atoms with E-state index in [2.05, 4.69) is 4.98 Å². The van der Waals surface area contributed by atoms with Crippen molar-refractivity contribution < 1.29 is 19.4 Å². The summed E-state index contributed by atoms with van der Waals surface area (Å²) in [6.45, 7) is 9.00. The molecule has 24 heavy (non-hydrogen) atoms. The summed E-state index contributed by atoms with van der Waals surface area (Å²) in [6, 6.07) is 3.74. The maximum atomic E-state index is 12.3. The molecule has 2 rings (SSSR count). The first-order valence-corrected chi connectivity index (χ1v) is 8.12. The number of carbonyl (C=O) groups excluding carboxylic acids is 1. The van der Waals surface area contributed by atoms with Gasteiger partial charge in [0.25, 0.3) is 0 Å². The van der Waals surface area contributed by atoms with Gasteiger partial charge >= 0.3 is 6.09 Å². The first kappa shape index (κ1) is 18.3. The molecule has 1 aromatic heterocycles. The summed E-state index contributed by atoms with van der Waals surface area (Å²) in [5.74, 6) is 1.33. The van der Waals surface area contributed by atoms with E-state index in [4.69, 9.17) is 9.47 Å². The SMILES string of the molecule is COc1ccc(C)nc1N1CCN(C(=O)OC(C)(C)C)CC(O)C1. The van der Waals surface area contributed by atoms with Gasteiger partial charge in [-0.05, 0) is 39.8 Å². The summed E-state index contributed by atoms with van der Waals surface area (Å²) < 4.78 is 10.8. The number of hydrogen-bond acceptors (Lipinski definition) is 6. The summed E-state index contributed by atoms with van der Waals surface area (Å²) >= 11 is 0. The lowest BCUT2D eigenvalue weighted by molar-refractivity contribution is 0.0186. The highest BCUT2D eigenvalue weighted by atomic mass is 16.6. The molecule has 1 aliphatic heterocycles. The third kappa shape index (κ3) is 4.74. The van der Waals surface area contributed by atoms with E-state index in [1.54, 1.807) is 7.11 Å². The van der Waals surface area contributed by atoms with Gasteiger partial charge in [0.15, 0.2) is 11.6 Å². The molecule has 1 aromatic rings. The minimum Gasteiger partial charge on any atom is -0.493 e. The van der Waals surface area contributed by atoms with Crippen LogP contribution in [0.4, 0.5) is 10.6 Å². The Hall–Kier alpha value is -2.02. The molecule has 1 saturated heterocycles. The molecule has 1 amide bonds. The molecule has 0 saturated carbocycles. The van der Waals surface area contributed by atoms with Gasteiger partial charge in [-0.1, -0.05) is 0 Å². The van der Waals surface area contributed by atoms with Crippen LogP contribution >= 0.6 is 0 Å². The quantitative estimate of drug-likeness (QED) is 0.887. The van der Waals surface area contributed by atoms with Crippen LogP contribution in [0.15, 0.2) is 12.1 Å². The predicted molar refractivity (Wildman–Crippen MR) is 91.6 cm³/mol. The maximum absolute atomic E-state index is 12.3. The van der Waals surface area contributed by atoms with Crippen molar-refractivity contribution in [2.45, 2.75) is 39.4 Å². The molecule has 7 heteroatoms. The van der Waals surface area contributed by atoms with Crippen LogP contribution in [0.25, 0.3) is 0 Å². The number of carbonyl (C=O) groups is 1. The van der Waals surface area contributed by atoms with Crippen molar-refractivity contribution in [1.82, 2.24) is 9.88 Å². The molecule has 7 nitrogen and oxygen atoms in total. The number of methoxy groups -OCH3 is 1. The Kier molecular flexibility index (Phi) is 5.54. The summed E-state index contributed by atoms with van der Waals surface area (Å²) in [6.07, 6.45) is -1.10. The van der Waals surface area contributed by atoms with E-state index in [-0.39, 0.29) is 6.54 Å². The van der Waals surface area contributed by atoms with Crippen molar-refractivity contribution in [1.29, 1.82) is 0 Å². The van der Waals surface area contributed by atoms with Crippen LogP contribution in [0.5, 0.6) is 5.75 Å². The topological polar surface area (TPSA) is 75.1 Å². The van der Waals surface area contributed by atoms with Gasteiger partial charge in [-0.25, -0.2) is 9.78 Å². The Morgan fingerprint density at radius 1 is 1.29 bits per heavy atom. The third-order valence-corrected chi connectivity index (χ3v) is 3.65. The lowest BCUT2D eigenvalue weighted by atomic mass is 10.2. The number of hydrogen-bond donors (Lipinski definition) is 1. The van der Waals surface area contributed by atoms with Crippen LogP contribution in [0.2, 0.25) is 0 Å². The van der Waals surface area contributed by atoms with Crippen molar-refractivity contribution in [2.24, 2.45) is 0 Å². The normalized spacial score (nSPS) is 19.0. The fourth-order valence-electron chi connectivity index (χ4n) is 2.59. The average Bonchev–Trinajstić information content (AvgIpc) is 2.67. The van der Waals surface area contributed by atoms with Crippen molar-refractivity contribution in [2.75, 3.05) is 38.2 Å². The molecule has 0 aliphatic carbocycles. The van der Waals surface area contributed by atoms with Gasteiger partial charge in [-0.2, -0.15) is 0 Å². The zero-order chi connectivity index (χ0) is 17.9. The van der Waals surface area contributed by atoms with Gasteiger partial charge in [-0.15, -0.1) is 0 Å². The van der Waals surface area contributed by atoms with Gasteiger partial charge in [0, 0.05) is 25.3 Å². The number of ether oxygens (including phenoxy) is 2. The molecular formula is C17H27N3O4. The van der Waals surface area contributed by atoms with Gasteiger partial charge in [0.05, 0.1) is 19.8 Å². The molecule has 1 aliphatic rings. The van der Waals surface area contributed by atoms with E-state index in [1.165, 1.54) is 4.90 Å². The van der Waals surface area contributed by atoms with Crippen molar-refractivity contribution in [3.05, 3.63) is 17.8 Å². The van der Waals surface area contributed by atoms with E-state index >= 15 is 0 Å². The van der Waals surface area contributed by atoms with Gasteiger partial charge in [-0.3, -0.25) is 0 Å². The van der Waals surface area contributed by atoms with Crippen LogP contribution in [-0.2, 0) is 4.74 Å². The smallest absolute Gasteiger partial charge is 0.410 e. The van der Waals surface area contributed by atoms with Crippen LogP contribution in [-0.4, -0.2) is 66.1 Å². The number of aliphatic hydroxyl groups is 1. The van der Waals surface area contributed by atoms with Crippen molar-refractivity contribution in [3.8, 4) is 5.75 Å². The second-order valence-electron chi connectivity index (χ2n) is 7.00. The van der Waals surface area contributed by atoms with Crippen molar-refractivity contribution >= 4 is 11.9 Å². The molecule has 0 spiro atoms. The molecule has 134 valence electrons. The van der Waals surface area contributed by atoms with E-state index in [0.29, 0.717) is 31.2 Å². The summed E-state index contributed by atoms with van der Waals surface area (Å²) in [4.78, 5) is 20.3. The Morgan fingerprint density at radius 3 is 2.62 bits per heavy atom. The molecule has 2 heterocycles. The first-order chi connectivity index (χ1) is 11.2. The Morgan fingerprint density at radius 2 is 2.00 bits per heavy atom. The second-order valence-corrected chi connectivity index (χ2v) is 7.00. The lowest BCUT2D eigenvalue weighted by Crippen LogP contribution is -2.41. The van der Waals surface area contributed by atoms with Gasteiger partial charge < -0.3 is 24.4 Å². The highest BCUT2D eigenvalue weighted by molar-refractivity contribution is 5.68. The average molecular weight is 337 g/mol. The summed E-state index contributed by atoms with van der Waals surface area (Å²) in [5, 5.41) is 10.3. The highest BCUT2D eigenvalue weighted by Crippen LogP contribution is 2.27. The number of pyridine rings is 1. The third-order valence-electron chi connectivity index (χ3n) is 3.65. The molecule has 1 unspecified atom stereocenters. The molecule has 0 aromatic carbocycles. The zero-order valence-electron chi connectivity index (χ0n) is 15.1. The number of anilines is 1. The van der Waals surface area contributed by atoms with E-state index in [1.807, 2.05) is 44.7 Å². The fourth-order valence-corrected chi connectivity index (χ4v) is 2.59. The molecule has 0 radical (unpaired) electrons. The minimum absolute atomic E-state index is 0.236. The van der Waals surface area contributed by atoms with E-state index in [0.717, 1.165) is 5.69 Å². The summed E-state index contributed by atoms with van der Waals surface area (Å²) in [7, 11) is 1.59. The Balaban J connectivity index is 2.15. The Labute approximate surface area is 143 Å². The Bertz CT molecular complexity index is 586. The van der Waals surface area contributed by atoms with Crippen molar-refractivity contribution in [3.63, 3.8) is 0 Å². The van der Waals surface area contributed by atoms with Crippen LogP contribution in [0, 0.1) is 6.92 Å². The molecule has 1 fully saturated rings. The fraction of sp³-hybridized carbons (Fsp3) is 0.647. The highest BCUT2D eigenvalue weighted by Gasteiger charge is 2.29. The standard InChI is InChI=1S/C17H27N3O4/c1-12-6-7-14(23-5)15(18-12)19-8-9-20(11-13(21)10-19)16(22)24-17(2,3)4/h6-7,13,21H,8-11H2,1-5H3. The predicted octanol–water partition coefficient (Wildman–Crippen LogP) is 1.82. The number of rotatable bonds is 2. The molecular weight excluding hydrogens is 310 g/mol. The lowest BCUT2D eigenvalue weighted by Gasteiger charge is -2.27. The first-order valence-electron chi connectivity index (χ1n) is 8.12. The van der Waals surface area contributed by atoms with E-state index in [9.17, 15) is 9.90 Å². The van der Waals surface area contributed by atoms with E-state index < -0.39 is 17.8 Å². The number of aryl methyl sites for hydroxylation is 1. The second kappa shape index (κ2) is 7.25.